The Morgan fingerprint density at radius 2 is 1.48 bits per heavy atom. The van der Waals surface area contributed by atoms with Gasteiger partial charge >= 0.3 is 5.97 Å². The number of hydrogen-bond acceptors (Lipinski definition) is 5. The topological polar surface area (TPSA) is 54.0 Å². The Balaban J connectivity index is 2.37. The molecule has 2 rings (SSSR count). The van der Waals surface area contributed by atoms with Crippen LogP contribution < -0.4 is 14.2 Å². The van der Waals surface area contributed by atoms with Crippen LogP contribution in [-0.2, 0) is 4.74 Å². The highest BCUT2D eigenvalue weighted by Crippen LogP contribution is 2.36. The zero-order valence-electron chi connectivity index (χ0n) is 14.5. The first-order valence-electron chi connectivity index (χ1n) is 7.40. The monoisotopic (exact) mass is 406 g/mol. The van der Waals surface area contributed by atoms with Crippen LogP contribution >= 0.6 is 15.9 Å². The molecule has 25 heavy (non-hydrogen) atoms. The second-order valence-corrected chi connectivity index (χ2v) is 5.81. The molecule has 6 heteroatoms. The smallest absolute Gasteiger partial charge is 0.337 e. The summed E-state index contributed by atoms with van der Waals surface area (Å²) in [7, 11) is 6.10. The molecule has 0 unspecified atom stereocenters. The van der Waals surface area contributed by atoms with Crippen molar-refractivity contribution in [3.63, 3.8) is 0 Å². The number of benzene rings is 2. The highest BCUT2D eigenvalue weighted by atomic mass is 79.9. The Kier molecular flexibility index (Phi) is 6.47. The van der Waals surface area contributed by atoms with Gasteiger partial charge in [0.15, 0.2) is 0 Å². The van der Waals surface area contributed by atoms with Gasteiger partial charge in [-0.1, -0.05) is 18.2 Å². The molecular weight excluding hydrogens is 388 g/mol. The number of halogens is 1. The van der Waals surface area contributed by atoms with Crippen molar-refractivity contribution in [2.75, 3.05) is 28.4 Å². The van der Waals surface area contributed by atoms with Crippen LogP contribution in [0.5, 0.6) is 17.2 Å². The molecule has 0 N–H and O–H groups in total. The molecule has 0 atom stereocenters. The number of rotatable bonds is 6. The summed E-state index contributed by atoms with van der Waals surface area (Å²) in [6, 6.07) is 8.91. The molecule has 0 amide bonds. The Morgan fingerprint density at radius 1 is 0.880 bits per heavy atom. The number of hydrogen-bond donors (Lipinski definition) is 0. The average Bonchev–Trinajstić information content (AvgIpc) is 2.66. The third-order valence-corrected chi connectivity index (χ3v) is 4.36. The summed E-state index contributed by atoms with van der Waals surface area (Å²) in [5, 5.41) is 0. The fourth-order valence-electron chi connectivity index (χ4n) is 2.27. The standard InChI is InChI=1S/C19H19BrO5/c1-22-15-11-14(19(21)25-4)8-7-13(15)6-5-12-9-16(23-2)18(20)17(10-12)24-3/h5-11H,1-4H3/b6-5+. The third-order valence-electron chi connectivity index (χ3n) is 3.58. The van der Waals surface area contributed by atoms with E-state index in [4.69, 9.17) is 18.9 Å². The second kappa shape index (κ2) is 8.58. The van der Waals surface area contributed by atoms with E-state index in [1.165, 1.54) is 7.11 Å². The molecule has 132 valence electrons. The summed E-state index contributed by atoms with van der Waals surface area (Å²) in [6.45, 7) is 0. The molecule has 0 aliphatic carbocycles. The number of esters is 1. The summed E-state index contributed by atoms with van der Waals surface area (Å²) >= 11 is 3.45. The SMILES string of the molecule is COC(=O)c1ccc(/C=C/c2cc(OC)c(Br)c(OC)c2)c(OC)c1. The Labute approximate surface area is 155 Å². The number of ether oxygens (including phenoxy) is 4. The van der Waals surface area contributed by atoms with Gasteiger partial charge in [-0.3, -0.25) is 0 Å². The van der Waals surface area contributed by atoms with Crippen molar-refractivity contribution in [3.05, 3.63) is 51.5 Å². The highest BCUT2D eigenvalue weighted by molar-refractivity contribution is 9.10. The van der Waals surface area contributed by atoms with Crippen LogP contribution in [0.4, 0.5) is 0 Å². The predicted octanol–water partition coefficient (Wildman–Crippen LogP) is 4.43. The summed E-state index contributed by atoms with van der Waals surface area (Å²) in [5.74, 6) is 1.52. The lowest BCUT2D eigenvalue weighted by molar-refractivity contribution is 0.0600. The van der Waals surface area contributed by atoms with Crippen LogP contribution in [0.15, 0.2) is 34.8 Å². The Hall–Kier alpha value is -2.47. The van der Waals surface area contributed by atoms with E-state index in [0.717, 1.165) is 15.6 Å². The number of carbonyl (C=O) groups is 1. The molecule has 0 saturated carbocycles. The normalized spacial score (nSPS) is 10.6. The molecule has 0 saturated heterocycles. The van der Waals surface area contributed by atoms with Crippen molar-refractivity contribution >= 4 is 34.1 Å². The third kappa shape index (κ3) is 4.33. The summed E-state index contributed by atoms with van der Waals surface area (Å²) in [4.78, 5) is 11.6. The Bertz CT molecular complexity index is 773. The van der Waals surface area contributed by atoms with Gasteiger partial charge in [0.25, 0.3) is 0 Å². The van der Waals surface area contributed by atoms with Crippen LogP contribution in [0, 0.1) is 0 Å². The highest BCUT2D eigenvalue weighted by Gasteiger charge is 2.10. The van der Waals surface area contributed by atoms with E-state index in [9.17, 15) is 4.79 Å². The van der Waals surface area contributed by atoms with Gasteiger partial charge in [-0.05, 0) is 45.8 Å². The van der Waals surface area contributed by atoms with E-state index >= 15 is 0 Å². The second-order valence-electron chi connectivity index (χ2n) is 5.02. The van der Waals surface area contributed by atoms with E-state index in [0.29, 0.717) is 22.8 Å². The minimum atomic E-state index is -0.406. The predicted molar refractivity (Wildman–Crippen MR) is 101 cm³/mol. The largest absolute Gasteiger partial charge is 0.496 e. The van der Waals surface area contributed by atoms with Crippen molar-refractivity contribution in [2.24, 2.45) is 0 Å². The van der Waals surface area contributed by atoms with E-state index in [-0.39, 0.29) is 0 Å². The zero-order valence-corrected chi connectivity index (χ0v) is 16.0. The van der Waals surface area contributed by atoms with Crippen molar-refractivity contribution in [1.29, 1.82) is 0 Å². The molecular formula is C19H19BrO5. The lowest BCUT2D eigenvalue weighted by Crippen LogP contribution is -2.01. The minimum Gasteiger partial charge on any atom is -0.496 e. The van der Waals surface area contributed by atoms with E-state index in [1.54, 1.807) is 39.5 Å². The van der Waals surface area contributed by atoms with Crippen molar-refractivity contribution < 1.29 is 23.7 Å². The molecule has 0 radical (unpaired) electrons. The van der Waals surface area contributed by atoms with Crippen LogP contribution in [-0.4, -0.2) is 34.4 Å². The van der Waals surface area contributed by atoms with E-state index < -0.39 is 5.97 Å². The average molecular weight is 407 g/mol. The van der Waals surface area contributed by atoms with Gasteiger partial charge in [-0.15, -0.1) is 0 Å². The van der Waals surface area contributed by atoms with Crippen molar-refractivity contribution in [3.8, 4) is 17.2 Å². The zero-order chi connectivity index (χ0) is 18.4. The van der Waals surface area contributed by atoms with Crippen LogP contribution in [0.1, 0.15) is 21.5 Å². The fourth-order valence-corrected chi connectivity index (χ4v) is 2.82. The maximum absolute atomic E-state index is 11.6. The van der Waals surface area contributed by atoms with Gasteiger partial charge in [-0.2, -0.15) is 0 Å². The van der Waals surface area contributed by atoms with E-state index in [1.807, 2.05) is 24.3 Å². The molecule has 0 aliphatic rings. The number of carbonyl (C=O) groups excluding carboxylic acids is 1. The van der Waals surface area contributed by atoms with Gasteiger partial charge in [0.1, 0.15) is 21.7 Å². The summed E-state index contributed by atoms with van der Waals surface area (Å²) in [5.41, 5.74) is 2.16. The van der Waals surface area contributed by atoms with Gasteiger partial charge in [-0.25, -0.2) is 4.79 Å². The Morgan fingerprint density at radius 3 is 2.00 bits per heavy atom. The summed E-state index contributed by atoms with van der Waals surface area (Å²) < 4.78 is 21.5. The fraction of sp³-hybridized carbons (Fsp3) is 0.211. The first-order valence-corrected chi connectivity index (χ1v) is 8.19. The van der Waals surface area contributed by atoms with Crippen molar-refractivity contribution in [1.82, 2.24) is 0 Å². The lowest BCUT2D eigenvalue weighted by atomic mass is 10.1. The van der Waals surface area contributed by atoms with Gasteiger partial charge in [0.05, 0.1) is 34.0 Å². The maximum atomic E-state index is 11.6. The lowest BCUT2D eigenvalue weighted by Gasteiger charge is -2.10. The van der Waals surface area contributed by atoms with Gasteiger partial charge in [0.2, 0.25) is 0 Å². The van der Waals surface area contributed by atoms with Crippen LogP contribution in [0.3, 0.4) is 0 Å². The van der Waals surface area contributed by atoms with Crippen LogP contribution in [0.25, 0.3) is 12.2 Å². The van der Waals surface area contributed by atoms with Gasteiger partial charge in [0, 0.05) is 5.56 Å². The minimum absolute atomic E-state index is 0.406. The molecule has 5 nitrogen and oxygen atoms in total. The summed E-state index contributed by atoms with van der Waals surface area (Å²) in [6.07, 6.45) is 3.80. The maximum Gasteiger partial charge on any atom is 0.337 e. The molecule has 0 heterocycles. The van der Waals surface area contributed by atoms with Crippen LogP contribution in [0.2, 0.25) is 0 Å². The van der Waals surface area contributed by atoms with Crippen molar-refractivity contribution in [2.45, 2.75) is 0 Å². The molecule has 2 aromatic rings. The number of methoxy groups -OCH3 is 4. The molecule has 0 spiro atoms. The molecule has 0 aliphatic heterocycles. The first kappa shape index (κ1) is 18.9. The van der Waals surface area contributed by atoms with Gasteiger partial charge < -0.3 is 18.9 Å². The molecule has 0 fully saturated rings. The molecule has 2 aromatic carbocycles. The first-order chi connectivity index (χ1) is 12.0. The quantitative estimate of drug-likeness (QED) is 0.524. The molecule has 0 bridgehead atoms. The van der Waals surface area contributed by atoms with E-state index in [2.05, 4.69) is 15.9 Å². The molecule has 0 aromatic heterocycles.